The van der Waals surface area contributed by atoms with Crippen LogP contribution in [0.25, 0.3) is 28.5 Å². The van der Waals surface area contributed by atoms with Crippen LogP contribution in [0.4, 0.5) is 0 Å². The van der Waals surface area contributed by atoms with E-state index >= 15 is 0 Å². The first kappa shape index (κ1) is 18.2. The molecule has 2 aromatic carbocycles. The fraction of sp³-hybridized carbons (Fsp3) is 0.250. The van der Waals surface area contributed by atoms with Crippen LogP contribution in [0, 0.1) is 0 Å². The van der Waals surface area contributed by atoms with Gasteiger partial charge in [-0.25, -0.2) is 15.0 Å². The summed E-state index contributed by atoms with van der Waals surface area (Å²) in [6, 6.07) is 18.4. The van der Waals surface area contributed by atoms with Gasteiger partial charge < -0.3 is 0 Å². The number of benzene rings is 2. The van der Waals surface area contributed by atoms with Crippen LogP contribution >= 0.6 is 0 Å². The molecule has 140 valence electrons. The zero-order valence-electron chi connectivity index (χ0n) is 16.6. The molecule has 0 unspecified atom stereocenters. The Bertz CT molecular complexity index is 1030. The van der Waals surface area contributed by atoms with Gasteiger partial charge in [-0.15, -0.1) is 0 Å². The van der Waals surface area contributed by atoms with E-state index in [2.05, 4.69) is 56.1 Å². The number of hydrogen-bond acceptors (Lipinski definition) is 4. The topological polar surface area (TPSA) is 51.0 Å². The van der Waals surface area contributed by atoms with Crippen molar-refractivity contribution in [2.45, 2.75) is 39.0 Å². The largest absolute Gasteiger partial charge is 0.261 e. The molecule has 2 heterocycles. The molecule has 0 amide bonds. The molecule has 0 saturated carbocycles. The van der Waals surface area contributed by atoms with Crippen LogP contribution in [-0.2, 0) is 5.41 Å². The maximum absolute atomic E-state index is 4.78. The van der Waals surface area contributed by atoms with Crippen molar-refractivity contribution in [3.63, 3.8) is 0 Å². The van der Waals surface area contributed by atoms with Crippen molar-refractivity contribution in [3.05, 3.63) is 72.1 Å². The average molecular weight is 368 g/mol. The predicted octanol–water partition coefficient (Wildman–Crippen LogP) is 5.71. The quantitative estimate of drug-likeness (QED) is 0.595. The van der Waals surface area contributed by atoms with E-state index in [0.717, 1.165) is 41.1 Å². The summed E-state index contributed by atoms with van der Waals surface area (Å²) in [5, 5.41) is 0. The highest BCUT2D eigenvalue weighted by Gasteiger charge is 2.21. The Labute approximate surface area is 166 Å². The Morgan fingerprint density at radius 2 is 1.29 bits per heavy atom. The average Bonchev–Trinajstić information content (AvgIpc) is 2.74. The number of aliphatic imine (C=N–C) groups is 1. The zero-order chi connectivity index (χ0) is 19.6. The molecular weight excluding hydrogens is 344 g/mol. The minimum atomic E-state index is -0.164. The van der Waals surface area contributed by atoms with Gasteiger partial charge >= 0.3 is 0 Å². The Kier molecular flexibility index (Phi) is 4.86. The number of allylic oxidation sites excluding steroid dienone is 1. The lowest BCUT2D eigenvalue weighted by Gasteiger charge is -2.18. The molecule has 0 radical (unpaired) electrons. The molecule has 0 aliphatic carbocycles. The summed E-state index contributed by atoms with van der Waals surface area (Å²) < 4.78 is 0. The first-order valence-electron chi connectivity index (χ1n) is 9.66. The van der Waals surface area contributed by atoms with Crippen LogP contribution in [0.1, 0.15) is 45.0 Å². The highest BCUT2D eigenvalue weighted by atomic mass is 15.0. The number of rotatable bonds is 3. The molecule has 28 heavy (non-hydrogen) atoms. The maximum atomic E-state index is 4.78. The highest BCUT2D eigenvalue weighted by Crippen LogP contribution is 2.27. The van der Waals surface area contributed by atoms with Crippen molar-refractivity contribution in [1.82, 2.24) is 15.0 Å². The first-order valence-corrected chi connectivity index (χ1v) is 9.66. The maximum Gasteiger partial charge on any atom is 0.163 e. The number of nitrogens with zero attached hydrogens (tertiary/aromatic N) is 4. The molecule has 4 rings (SSSR count). The van der Waals surface area contributed by atoms with Gasteiger partial charge in [0.2, 0.25) is 0 Å². The third-order valence-corrected chi connectivity index (χ3v) is 4.64. The van der Waals surface area contributed by atoms with Crippen LogP contribution in [0.3, 0.4) is 0 Å². The van der Waals surface area contributed by atoms with Crippen LogP contribution < -0.4 is 0 Å². The Hall–Kier alpha value is -3.14. The molecule has 0 N–H and O–H groups in total. The molecule has 3 aromatic rings. The fourth-order valence-electron chi connectivity index (χ4n) is 3.05. The normalized spacial score (nSPS) is 14.0. The van der Waals surface area contributed by atoms with Crippen LogP contribution in [0.5, 0.6) is 0 Å². The minimum absolute atomic E-state index is 0.164. The highest BCUT2D eigenvalue weighted by molar-refractivity contribution is 5.77. The van der Waals surface area contributed by atoms with Gasteiger partial charge in [0.05, 0.1) is 5.70 Å². The molecule has 1 aliphatic rings. The Morgan fingerprint density at radius 3 is 1.86 bits per heavy atom. The minimum Gasteiger partial charge on any atom is -0.261 e. The van der Waals surface area contributed by atoms with Gasteiger partial charge in [0.15, 0.2) is 11.6 Å². The summed E-state index contributed by atoms with van der Waals surface area (Å²) in [5.41, 5.74) is 3.97. The SMILES string of the molecule is CC(C)(C)c1nc(-c2ccccc2)nc(-c2ccc(C3=CCCC=N3)cc2)n1. The number of aromatic nitrogens is 3. The third-order valence-electron chi connectivity index (χ3n) is 4.64. The van der Waals surface area contributed by atoms with E-state index in [1.807, 2.05) is 36.5 Å². The fourth-order valence-corrected chi connectivity index (χ4v) is 3.05. The lowest BCUT2D eigenvalue weighted by atomic mass is 9.95. The standard InChI is InChI=1S/C24H24N4/c1-24(2,3)23-27-21(18-9-5-4-6-10-18)26-22(28-23)19-14-12-17(13-15-19)20-11-7-8-16-25-20/h4-6,9-16H,7-8H2,1-3H3. The molecule has 4 nitrogen and oxygen atoms in total. The van der Waals surface area contributed by atoms with Gasteiger partial charge in [-0.2, -0.15) is 0 Å². The van der Waals surface area contributed by atoms with E-state index in [1.165, 1.54) is 0 Å². The second kappa shape index (κ2) is 7.47. The van der Waals surface area contributed by atoms with Gasteiger partial charge in [0, 0.05) is 22.8 Å². The van der Waals surface area contributed by atoms with E-state index < -0.39 is 0 Å². The second-order valence-electron chi connectivity index (χ2n) is 7.98. The molecule has 1 aromatic heterocycles. The molecular formula is C24H24N4. The number of hydrogen-bond donors (Lipinski definition) is 0. The lowest BCUT2D eigenvalue weighted by molar-refractivity contribution is 0.543. The summed E-state index contributed by atoms with van der Waals surface area (Å²) in [6.07, 6.45) is 6.23. The zero-order valence-corrected chi connectivity index (χ0v) is 16.6. The summed E-state index contributed by atoms with van der Waals surface area (Å²) in [6.45, 7) is 6.37. The predicted molar refractivity (Wildman–Crippen MR) is 115 cm³/mol. The van der Waals surface area contributed by atoms with Gasteiger partial charge in [-0.3, -0.25) is 4.99 Å². The summed E-state index contributed by atoms with van der Waals surface area (Å²) in [5.74, 6) is 2.20. The monoisotopic (exact) mass is 368 g/mol. The van der Waals surface area contributed by atoms with Crippen LogP contribution in [-0.4, -0.2) is 21.2 Å². The molecule has 0 spiro atoms. The molecule has 0 fully saturated rings. The van der Waals surface area contributed by atoms with Crippen molar-refractivity contribution < 1.29 is 0 Å². The summed E-state index contributed by atoms with van der Waals surface area (Å²) in [4.78, 5) is 18.8. The van der Waals surface area contributed by atoms with E-state index in [0.29, 0.717) is 11.6 Å². The van der Waals surface area contributed by atoms with Crippen molar-refractivity contribution >= 4 is 11.9 Å². The van der Waals surface area contributed by atoms with Crippen LogP contribution in [0.2, 0.25) is 0 Å². The van der Waals surface area contributed by atoms with Gasteiger partial charge in [-0.05, 0) is 18.4 Å². The third kappa shape index (κ3) is 3.91. The van der Waals surface area contributed by atoms with Crippen molar-refractivity contribution in [1.29, 1.82) is 0 Å². The van der Waals surface area contributed by atoms with Crippen molar-refractivity contribution in [2.75, 3.05) is 0 Å². The Balaban J connectivity index is 1.76. The van der Waals surface area contributed by atoms with E-state index in [4.69, 9.17) is 15.0 Å². The summed E-state index contributed by atoms with van der Waals surface area (Å²) >= 11 is 0. The van der Waals surface area contributed by atoms with Gasteiger partial charge in [-0.1, -0.05) is 81.4 Å². The molecule has 1 aliphatic heterocycles. The van der Waals surface area contributed by atoms with E-state index in [9.17, 15) is 0 Å². The second-order valence-corrected chi connectivity index (χ2v) is 7.98. The molecule has 0 saturated heterocycles. The summed E-state index contributed by atoms with van der Waals surface area (Å²) in [7, 11) is 0. The Morgan fingerprint density at radius 1 is 0.679 bits per heavy atom. The smallest absolute Gasteiger partial charge is 0.163 e. The van der Waals surface area contributed by atoms with Gasteiger partial charge in [0.25, 0.3) is 0 Å². The van der Waals surface area contributed by atoms with Crippen molar-refractivity contribution in [2.24, 2.45) is 4.99 Å². The first-order chi connectivity index (χ1) is 13.5. The molecule has 4 heteroatoms. The molecule has 0 bridgehead atoms. The van der Waals surface area contributed by atoms with Gasteiger partial charge in [0.1, 0.15) is 5.82 Å². The van der Waals surface area contributed by atoms with E-state index in [-0.39, 0.29) is 5.41 Å². The molecule has 0 atom stereocenters. The lowest BCUT2D eigenvalue weighted by Crippen LogP contribution is -2.18. The van der Waals surface area contributed by atoms with E-state index in [1.54, 1.807) is 0 Å². The van der Waals surface area contributed by atoms with Crippen LogP contribution in [0.15, 0.2) is 65.7 Å². The van der Waals surface area contributed by atoms with Crippen molar-refractivity contribution in [3.8, 4) is 22.8 Å².